The summed E-state index contributed by atoms with van der Waals surface area (Å²) in [7, 11) is 3.14. The Balaban J connectivity index is 1.65. The van der Waals surface area contributed by atoms with Crippen molar-refractivity contribution in [1.82, 2.24) is 9.78 Å². The third-order valence-corrected chi connectivity index (χ3v) is 6.12. The topological polar surface area (TPSA) is 62.6 Å². The van der Waals surface area contributed by atoms with Crippen molar-refractivity contribution in [2.24, 2.45) is 0 Å². The van der Waals surface area contributed by atoms with Crippen molar-refractivity contribution >= 4 is 17.7 Å². The molecule has 0 atom stereocenters. The van der Waals surface area contributed by atoms with Gasteiger partial charge in [0.2, 0.25) is 5.88 Å². The van der Waals surface area contributed by atoms with Crippen LogP contribution in [0.3, 0.4) is 0 Å². The van der Waals surface area contributed by atoms with Gasteiger partial charge in [-0.25, -0.2) is 0 Å². The highest BCUT2D eigenvalue weighted by molar-refractivity contribution is 7.99. The lowest BCUT2D eigenvalue weighted by Crippen LogP contribution is -2.14. The standard InChI is InChI=1S/C26H24N2O4S/c1-18-25(33-21-12-8-5-9-13-21)26(28(27-18)20-10-6-4-7-11-20)32-24(29)17-19-14-15-22(30-2)23(16-19)31-3/h4-16H,17H2,1-3H3. The second-order valence-electron chi connectivity index (χ2n) is 7.22. The maximum absolute atomic E-state index is 13.0. The van der Waals surface area contributed by atoms with Gasteiger partial charge in [0.1, 0.15) is 0 Å². The zero-order valence-electron chi connectivity index (χ0n) is 18.6. The molecule has 0 N–H and O–H groups in total. The SMILES string of the molecule is COc1ccc(CC(=O)Oc2c(Sc3ccccc3)c(C)nn2-c2ccccc2)cc1OC. The predicted molar refractivity (Wildman–Crippen MR) is 128 cm³/mol. The lowest BCUT2D eigenvalue weighted by Gasteiger charge is -2.12. The van der Waals surface area contributed by atoms with Crippen LogP contribution in [0.5, 0.6) is 17.4 Å². The Morgan fingerprint density at radius 3 is 2.24 bits per heavy atom. The molecule has 0 fully saturated rings. The summed E-state index contributed by atoms with van der Waals surface area (Å²) in [6.45, 7) is 1.91. The number of hydrogen-bond acceptors (Lipinski definition) is 6. The van der Waals surface area contributed by atoms with Gasteiger partial charge in [-0.05, 0) is 48.9 Å². The summed E-state index contributed by atoms with van der Waals surface area (Å²) >= 11 is 1.52. The number of esters is 1. The van der Waals surface area contributed by atoms with E-state index in [0.29, 0.717) is 17.4 Å². The Kier molecular flexibility index (Phi) is 7.00. The van der Waals surface area contributed by atoms with Crippen LogP contribution in [0, 0.1) is 6.92 Å². The first-order valence-electron chi connectivity index (χ1n) is 10.4. The van der Waals surface area contributed by atoms with E-state index in [2.05, 4.69) is 5.10 Å². The second-order valence-corrected chi connectivity index (χ2v) is 8.31. The molecule has 0 saturated heterocycles. The molecule has 4 aromatic rings. The minimum absolute atomic E-state index is 0.0782. The summed E-state index contributed by atoms with van der Waals surface area (Å²) in [4.78, 5) is 14.8. The van der Waals surface area contributed by atoms with Crippen LogP contribution in [0.4, 0.5) is 0 Å². The number of rotatable bonds is 8. The van der Waals surface area contributed by atoms with Gasteiger partial charge in [0.25, 0.3) is 0 Å². The summed E-state index contributed by atoms with van der Waals surface area (Å²) < 4.78 is 18.2. The van der Waals surface area contributed by atoms with Crippen LogP contribution in [-0.2, 0) is 11.2 Å². The number of aryl methyl sites for hydroxylation is 1. The van der Waals surface area contributed by atoms with Crippen molar-refractivity contribution < 1.29 is 19.0 Å². The molecular weight excluding hydrogens is 436 g/mol. The second kappa shape index (κ2) is 10.3. The van der Waals surface area contributed by atoms with E-state index in [4.69, 9.17) is 14.2 Å². The highest BCUT2D eigenvalue weighted by atomic mass is 32.2. The summed E-state index contributed by atoms with van der Waals surface area (Å²) in [5.74, 6) is 1.18. The normalized spacial score (nSPS) is 10.6. The number of para-hydroxylation sites is 1. The van der Waals surface area contributed by atoms with Crippen molar-refractivity contribution in [1.29, 1.82) is 0 Å². The Morgan fingerprint density at radius 2 is 1.58 bits per heavy atom. The fourth-order valence-electron chi connectivity index (χ4n) is 3.35. The number of nitrogens with zero attached hydrogens (tertiary/aromatic N) is 2. The molecule has 0 aliphatic carbocycles. The highest BCUT2D eigenvalue weighted by Gasteiger charge is 2.22. The maximum Gasteiger partial charge on any atom is 0.317 e. The number of hydrogen-bond donors (Lipinski definition) is 0. The molecule has 0 aliphatic heterocycles. The van der Waals surface area contributed by atoms with Crippen molar-refractivity contribution in [3.8, 4) is 23.1 Å². The first-order chi connectivity index (χ1) is 16.1. The average molecular weight is 461 g/mol. The predicted octanol–water partition coefficient (Wildman–Crippen LogP) is 5.50. The lowest BCUT2D eigenvalue weighted by molar-refractivity contribution is -0.134. The van der Waals surface area contributed by atoms with Gasteiger partial charge >= 0.3 is 5.97 Å². The fraction of sp³-hybridized carbons (Fsp3) is 0.154. The Morgan fingerprint density at radius 1 is 0.909 bits per heavy atom. The first-order valence-corrected chi connectivity index (χ1v) is 11.2. The van der Waals surface area contributed by atoms with Crippen LogP contribution < -0.4 is 14.2 Å². The molecule has 1 heterocycles. The zero-order valence-corrected chi connectivity index (χ0v) is 19.5. The smallest absolute Gasteiger partial charge is 0.317 e. The first kappa shape index (κ1) is 22.5. The number of aromatic nitrogens is 2. The van der Waals surface area contributed by atoms with Crippen molar-refractivity contribution in [3.63, 3.8) is 0 Å². The molecule has 0 unspecified atom stereocenters. The molecule has 0 amide bonds. The van der Waals surface area contributed by atoms with E-state index >= 15 is 0 Å². The van der Waals surface area contributed by atoms with Gasteiger partial charge in [0.05, 0.1) is 36.9 Å². The molecule has 1 aromatic heterocycles. The number of carbonyl (C=O) groups excluding carboxylic acids is 1. The van der Waals surface area contributed by atoms with Crippen molar-refractivity contribution in [2.75, 3.05) is 14.2 Å². The molecule has 33 heavy (non-hydrogen) atoms. The van der Waals surface area contributed by atoms with E-state index in [1.165, 1.54) is 11.8 Å². The summed E-state index contributed by atoms with van der Waals surface area (Å²) in [6.07, 6.45) is 0.0782. The quantitative estimate of drug-likeness (QED) is 0.324. The number of carbonyl (C=O) groups is 1. The van der Waals surface area contributed by atoms with Gasteiger partial charge in [0.15, 0.2) is 11.5 Å². The van der Waals surface area contributed by atoms with Crippen LogP contribution >= 0.6 is 11.8 Å². The Hall–Kier alpha value is -3.71. The molecule has 0 aliphatic rings. The number of methoxy groups -OCH3 is 2. The van der Waals surface area contributed by atoms with Gasteiger partial charge < -0.3 is 14.2 Å². The Labute approximate surface area is 197 Å². The Bertz CT molecular complexity index is 1240. The van der Waals surface area contributed by atoms with E-state index in [1.54, 1.807) is 31.0 Å². The van der Waals surface area contributed by atoms with Gasteiger partial charge in [0, 0.05) is 4.90 Å². The molecule has 168 valence electrons. The van der Waals surface area contributed by atoms with Gasteiger partial charge in [-0.15, -0.1) is 0 Å². The molecule has 7 heteroatoms. The monoisotopic (exact) mass is 460 g/mol. The van der Waals surface area contributed by atoms with Gasteiger partial charge in [-0.3, -0.25) is 4.79 Å². The highest BCUT2D eigenvalue weighted by Crippen LogP contribution is 2.39. The van der Waals surface area contributed by atoms with Crippen LogP contribution in [0.15, 0.2) is 88.7 Å². The molecule has 6 nitrogen and oxygen atoms in total. The van der Waals surface area contributed by atoms with Crippen molar-refractivity contribution in [2.45, 2.75) is 23.1 Å². The third kappa shape index (κ3) is 5.21. The lowest BCUT2D eigenvalue weighted by atomic mass is 10.1. The van der Waals surface area contributed by atoms with Crippen LogP contribution in [-0.4, -0.2) is 30.0 Å². The van der Waals surface area contributed by atoms with E-state index < -0.39 is 5.97 Å². The molecular formula is C26H24N2O4S. The molecule has 4 rings (SSSR count). The van der Waals surface area contributed by atoms with E-state index in [9.17, 15) is 4.79 Å². The largest absolute Gasteiger partial charge is 0.493 e. The minimum Gasteiger partial charge on any atom is -0.493 e. The van der Waals surface area contributed by atoms with Gasteiger partial charge in [-0.1, -0.05) is 54.2 Å². The summed E-state index contributed by atoms with van der Waals surface area (Å²) in [5.41, 5.74) is 2.36. The van der Waals surface area contributed by atoms with Crippen LogP contribution in [0.2, 0.25) is 0 Å². The zero-order chi connectivity index (χ0) is 23.2. The number of ether oxygens (including phenoxy) is 3. The molecule has 3 aromatic carbocycles. The number of benzene rings is 3. The van der Waals surface area contributed by atoms with Crippen LogP contribution in [0.1, 0.15) is 11.3 Å². The van der Waals surface area contributed by atoms with E-state index in [0.717, 1.165) is 26.7 Å². The fourth-order valence-corrected chi connectivity index (χ4v) is 4.28. The molecule has 0 radical (unpaired) electrons. The van der Waals surface area contributed by atoms with E-state index in [-0.39, 0.29) is 6.42 Å². The van der Waals surface area contributed by atoms with Crippen molar-refractivity contribution in [3.05, 3.63) is 90.1 Å². The molecule has 0 saturated carbocycles. The molecule has 0 spiro atoms. The minimum atomic E-state index is -0.394. The van der Waals surface area contributed by atoms with Crippen LogP contribution in [0.25, 0.3) is 5.69 Å². The third-order valence-electron chi connectivity index (χ3n) is 4.94. The summed E-state index contributed by atoms with van der Waals surface area (Å²) in [6, 6.07) is 24.9. The molecule has 0 bridgehead atoms. The average Bonchev–Trinajstić information content (AvgIpc) is 3.14. The summed E-state index contributed by atoms with van der Waals surface area (Å²) in [5, 5.41) is 4.67. The van der Waals surface area contributed by atoms with E-state index in [1.807, 2.05) is 73.7 Å². The maximum atomic E-state index is 13.0. The van der Waals surface area contributed by atoms with Gasteiger partial charge in [-0.2, -0.15) is 9.78 Å².